The number of aliphatic hydroxyl groups is 2. The first-order chi connectivity index (χ1) is 16.8. The summed E-state index contributed by atoms with van der Waals surface area (Å²) in [6.45, 7) is 1.63. The molecule has 0 aliphatic carbocycles. The van der Waals surface area contributed by atoms with Crippen LogP contribution in [0.4, 0.5) is 17.6 Å². The second-order valence-electron chi connectivity index (χ2n) is 8.71. The van der Waals surface area contributed by atoms with Gasteiger partial charge >= 0.3 is 0 Å². The van der Waals surface area contributed by atoms with Gasteiger partial charge in [-0.1, -0.05) is 0 Å². The van der Waals surface area contributed by atoms with E-state index in [2.05, 4.69) is 30.2 Å². The topological polar surface area (TPSA) is 182 Å². The van der Waals surface area contributed by atoms with Crippen molar-refractivity contribution in [1.82, 2.24) is 34.1 Å². The standard InChI is InChI=1S/C22H23N9O4/c1-9-3-10-16(24-6-9)11(4-12-17(10)27-21(23)30(12)2)26-22-28-19-18(20(34)29-22)25-8-31(19)15-5-13(33)14(7-32)35-15/h3-4,6,8,13-15,32-33H,5,7H2,1-2H3,(H2,23,27)(H2,26,28,29,34)/t13-,14+,15+/m0/s1. The van der Waals surface area contributed by atoms with E-state index in [0.29, 0.717) is 17.2 Å². The van der Waals surface area contributed by atoms with E-state index in [1.54, 1.807) is 15.3 Å². The summed E-state index contributed by atoms with van der Waals surface area (Å²) < 4.78 is 9.08. The van der Waals surface area contributed by atoms with E-state index in [1.165, 1.54) is 6.33 Å². The number of aromatic amines is 1. The number of aliphatic hydroxyl groups excluding tert-OH is 2. The van der Waals surface area contributed by atoms with Crippen molar-refractivity contribution in [1.29, 1.82) is 0 Å². The third-order valence-corrected chi connectivity index (χ3v) is 6.37. The molecular formula is C22H23N9O4. The molecule has 0 amide bonds. The fourth-order valence-electron chi connectivity index (χ4n) is 4.53. The van der Waals surface area contributed by atoms with Crippen LogP contribution in [0.3, 0.4) is 0 Å². The number of pyridine rings is 1. The maximum Gasteiger partial charge on any atom is 0.280 e. The molecule has 5 heterocycles. The van der Waals surface area contributed by atoms with Crippen LogP contribution in [0.2, 0.25) is 0 Å². The highest BCUT2D eigenvalue weighted by Crippen LogP contribution is 2.33. The number of benzene rings is 1. The zero-order chi connectivity index (χ0) is 24.4. The van der Waals surface area contributed by atoms with Crippen molar-refractivity contribution in [2.75, 3.05) is 17.7 Å². The molecular weight excluding hydrogens is 454 g/mol. The molecule has 1 aliphatic rings. The Morgan fingerprint density at radius 3 is 2.86 bits per heavy atom. The predicted molar refractivity (Wildman–Crippen MR) is 128 cm³/mol. The maximum absolute atomic E-state index is 12.8. The average molecular weight is 477 g/mol. The van der Waals surface area contributed by atoms with Crippen LogP contribution in [-0.4, -0.2) is 63.1 Å². The van der Waals surface area contributed by atoms with Crippen LogP contribution in [0.5, 0.6) is 0 Å². The second-order valence-corrected chi connectivity index (χ2v) is 8.71. The maximum atomic E-state index is 12.8. The molecule has 0 unspecified atom stereocenters. The van der Waals surface area contributed by atoms with Gasteiger partial charge in [0.05, 0.1) is 35.8 Å². The largest absolute Gasteiger partial charge is 0.394 e. The van der Waals surface area contributed by atoms with E-state index in [0.717, 1.165) is 22.0 Å². The molecule has 0 spiro atoms. The number of aryl methyl sites for hydroxylation is 2. The van der Waals surface area contributed by atoms with Gasteiger partial charge < -0.3 is 30.6 Å². The van der Waals surface area contributed by atoms with Crippen LogP contribution in [0.15, 0.2) is 29.5 Å². The van der Waals surface area contributed by atoms with Gasteiger partial charge in [-0.25, -0.2) is 9.97 Å². The number of nitrogens with one attached hydrogen (secondary N) is 2. The zero-order valence-corrected chi connectivity index (χ0v) is 18.9. The Balaban J connectivity index is 1.48. The van der Waals surface area contributed by atoms with Crippen LogP contribution in [-0.2, 0) is 11.8 Å². The number of aromatic nitrogens is 7. The Labute approximate surface area is 197 Å². The Kier molecular flexibility index (Phi) is 4.74. The van der Waals surface area contributed by atoms with Gasteiger partial charge in [-0.15, -0.1) is 0 Å². The lowest BCUT2D eigenvalue weighted by molar-refractivity contribution is -0.0432. The first-order valence-corrected chi connectivity index (χ1v) is 11.0. The quantitative estimate of drug-likeness (QED) is 0.248. The molecule has 0 saturated carbocycles. The molecule has 1 fully saturated rings. The summed E-state index contributed by atoms with van der Waals surface area (Å²) in [7, 11) is 1.82. The van der Waals surface area contributed by atoms with Crippen molar-refractivity contribution in [3.05, 3.63) is 40.6 Å². The van der Waals surface area contributed by atoms with E-state index in [-0.39, 0.29) is 30.1 Å². The Morgan fingerprint density at radius 1 is 1.26 bits per heavy atom. The minimum absolute atomic E-state index is 0.134. The number of H-pyrrole nitrogens is 1. The van der Waals surface area contributed by atoms with E-state index < -0.39 is 24.0 Å². The lowest BCUT2D eigenvalue weighted by Gasteiger charge is -2.14. The van der Waals surface area contributed by atoms with Crippen LogP contribution in [0.25, 0.3) is 33.1 Å². The van der Waals surface area contributed by atoms with Gasteiger partial charge in [0.1, 0.15) is 17.8 Å². The fraction of sp³-hybridized carbons (Fsp3) is 0.318. The van der Waals surface area contributed by atoms with E-state index in [1.807, 2.05) is 26.1 Å². The molecule has 35 heavy (non-hydrogen) atoms. The normalized spacial score (nSPS) is 20.4. The first-order valence-electron chi connectivity index (χ1n) is 11.0. The van der Waals surface area contributed by atoms with Gasteiger partial charge in [-0.2, -0.15) is 4.98 Å². The SMILES string of the molecule is Cc1cnc2c(Nc3nc4c(ncn4[C@H]4C[C@H](O)[C@@H](CO)O4)c(=O)[nH]3)cc3c(nc(N)n3C)c2c1. The third-order valence-electron chi connectivity index (χ3n) is 6.37. The molecule has 4 aromatic heterocycles. The van der Waals surface area contributed by atoms with E-state index in [4.69, 9.17) is 10.5 Å². The molecule has 0 radical (unpaired) electrons. The van der Waals surface area contributed by atoms with E-state index in [9.17, 15) is 15.0 Å². The highest BCUT2D eigenvalue weighted by atomic mass is 16.5. The smallest absolute Gasteiger partial charge is 0.280 e. The van der Waals surface area contributed by atoms with Crippen LogP contribution >= 0.6 is 0 Å². The predicted octanol–water partition coefficient (Wildman–Crippen LogP) is 0.829. The lowest BCUT2D eigenvalue weighted by atomic mass is 10.1. The summed E-state index contributed by atoms with van der Waals surface area (Å²) in [6.07, 6.45) is 1.27. The highest BCUT2D eigenvalue weighted by molar-refractivity contribution is 6.10. The molecule has 3 atom stereocenters. The molecule has 1 aromatic carbocycles. The van der Waals surface area contributed by atoms with Gasteiger partial charge in [0.2, 0.25) is 11.9 Å². The number of imidazole rings is 2. The van der Waals surface area contributed by atoms with Crippen LogP contribution < -0.4 is 16.6 Å². The Bertz CT molecular complexity index is 1670. The minimum Gasteiger partial charge on any atom is -0.394 e. The Hall–Kier alpha value is -4.07. The third kappa shape index (κ3) is 3.31. The average Bonchev–Trinajstić information content (AvgIpc) is 3.50. The van der Waals surface area contributed by atoms with Crippen molar-refractivity contribution < 1.29 is 14.9 Å². The van der Waals surface area contributed by atoms with E-state index >= 15 is 0 Å². The molecule has 13 heteroatoms. The molecule has 6 rings (SSSR count). The summed E-state index contributed by atoms with van der Waals surface area (Å²) >= 11 is 0. The monoisotopic (exact) mass is 477 g/mol. The van der Waals surface area contributed by atoms with Crippen LogP contribution in [0.1, 0.15) is 18.2 Å². The molecule has 0 bridgehead atoms. The molecule has 1 aliphatic heterocycles. The van der Waals surface area contributed by atoms with Gasteiger partial charge in [-0.05, 0) is 24.6 Å². The molecule has 13 nitrogen and oxygen atoms in total. The number of ether oxygens (including phenoxy) is 1. The number of hydrogen-bond donors (Lipinski definition) is 5. The summed E-state index contributed by atoms with van der Waals surface area (Å²) in [4.78, 5) is 33.3. The molecule has 1 saturated heterocycles. The lowest BCUT2D eigenvalue weighted by Crippen LogP contribution is -2.24. The van der Waals surface area contributed by atoms with Crippen LogP contribution in [0, 0.1) is 6.92 Å². The summed E-state index contributed by atoms with van der Waals surface area (Å²) in [6, 6.07) is 3.84. The van der Waals surface area contributed by atoms with Crippen molar-refractivity contribution in [3.63, 3.8) is 0 Å². The molecule has 6 N–H and O–H groups in total. The number of fused-ring (bicyclic) bond motifs is 4. The van der Waals surface area contributed by atoms with Crippen molar-refractivity contribution in [2.45, 2.75) is 31.8 Å². The Morgan fingerprint density at radius 2 is 2.09 bits per heavy atom. The van der Waals surface area contributed by atoms with Gasteiger partial charge in [0.25, 0.3) is 5.56 Å². The summed E-state index contributed by atoms with van der Waals surface area (Å²) in [5, 5.41) is 23.5. The zero-order valence-electron chi connectivity index (χ0n) is 18.9. The van der Waals surface area contributed by atoms with Crippen molar-refractivity contribution in [2.24, 2.45) is 7.05 Å². The second kappa shape index (κ2) is 7.73. The summed E-state index contributed by atoms with van der Waals surface area (Å²) in [5.41, 5.74) is 9.78. The van der Waals surface area contributed by atoms with Crippen molar-refractivity contribution in [3.8, 4) is 0 Å². The number of rotatable bonds is 4. The first kappa shape index (κ1) is 21.5. The van der Waals surface area contributed by atoms with Crippen molar-refractivity contribution >= 4 is 50.7 Å². The minimum atomic E-state index is -0.832. The van der Waals surface area contributed by atoms with Gasteiger partial charge in [0, 0.05) is 25.1 Å². The fourth-order valence-corrected chi connectivity index (χ4v) is 4.53. The number of nitrogens with two attached hydrogens (primary N) is 1. The number of hydrogen-bond acceptors (Lipinski definition) is 10. The van der Waals surface area contributed by atoms with Gasteiger partial charge in [0.15, 0.2) is 11.2 Å². The highest BCUT2D eigenvalue weighted by Gasteiger charge is 2.35. The summed E-state index contributed by atoms with van der Waals surface area (Å²) in [5.74, 6) is 0.552. The molecule has 180 valence electrons. The number of nitrogens with zero attached hydrogens (tertiary/aromatic N) is 6. The van der Waals surface area contributed by atoms with Gasteiger partial charge in [-0.3, -0.25) is 19.3 Å². The molecule has 5 aromatic rings. The number of anilines is 3. The number of nitrogen functional groups attached to an aromatic ring is 1.